The van der Waals surface area contributed by atoms with Crippen LogP contribution >= 0.6 is 0 Å². The Balaban J connectivity index is 2.34. The van der Waals surface area contributed by atoms with E-state index in [9.17, 15) is 5.26 Å². The molecule has 0 aliphatic carbocycles. The fourth-order valence-corrected chi connectivity index (χ4v) is 2.62. The Kier molecular flexibility index (Phi) is 3.47. The maximum atomic E-state index is 9.23. The zero-order valence-electron chi connectivity index (χ0n) is 11.4. The summed E-state index contributed by atoms with van der Waals surface area (Å²) in [6.07, 6.45) is 2.42. The lowest BCUT2D eigenvalue weighted by molar-refractivity contribution is 0.293. The van der Waals surface area contributed by atoms with Crippen LogP contribution in [-0.2, 0) is 0 Å². The summed E-state index contributed by atoms with van der Waals surface area (Å²) in [4.78, 5) is 2.31. The Morgan fingerprint density at radius 3 is 2.78 bits per heavy atom. The molecule has 0 unspecified atom stereocenters. The van der Waals surface area contributed by atoms with Crippen LogP contribution in [0.15, 0.2) is 18.2 Å². The van der Waals surface area contributed by atoms with Crippen molar-refractivity contribution in [3.8, 4) is 11.8 Å². The number of benzene rings is 1. The molecule has 0 N–H and O–H groups in total. The van der Waals surface area contributed by atoms with E-state index in [1.807, 2.05) is 18.2 Å². The van der Waals surface area contributed by atoms with Crippen LogP contribution < -0.4 is 9.64 Å². The lowest BCUT2D eigenvalue weighted by Crippen LogP contribution is -2.40. The molecule has 0 bridgehead atoms. The fraction of sp³-hybridized carbons (Fsp3) is 0.533. The smallest absolute Gasteiger partial charge is 0.121 e. The Morgan fingerprint density at radius 2 is 2.17 bits per heavy atom. The molecule has 1 saturated heterocycles. The van der Waals surface area contributed by atoms with Gasteiger partial charge in [0.2, 0.25) is 0 Å². The van der Waals surface area contributed by atoms with Gasteiger partial charge in [-0.05, 0) is 30.4 Å². The first kappa shape index (κ1) is 12.8. The van der Waals surface area contributed by atoms with Gasteiger partial charge in [0.05, 0.1) is 18.4 Å². The third-order valence-corrected chi connectivity index (χ3v) is 3.57. The summed E-state index contributed by atoms with van der Waals surface area (Å²) < 4.78 is 5.26. The molecule has 18 heavy (non-hydrogen) atoms. The van der Waals surface area contributed by atoms with Crippen molar-refractivity contribution in [2.24, 2.45) is 5.41 Å². The molecule has 2 rings (SSSR count). The van der Waals surface area contributed by atoms with Gasteiger partial charge in [-0.25, -0.2) is 0 Å². The summed E-state index contributed by atoms with van der Waals surface area (Å²) in [6, 6.07) is 7.93. The Bertz CT molecular complexity index is 474. The minimum atomic E-state index is 0.314. The quantitative estimate of drug-likeness (QED) is 0.801. The molecule has 1 aromatic carbocycles. The maximum Gasteiger partial charge on any atom is 0.121 e. The highest BCUT2D eigenvalue weighted by atomic mass is 16.5. The first-order valence-electron chi connectivity index (χ1n) is 6.39. The van der Waals surface area contributed by atoms with Crippen LogP contribution in [0.5, 0.6) is 5.75 Å². The van der Waals surface area contributed by atoms with E-state index >= 15 is 0 Å². The summed E-state index contributed by atoms with van der Waals surface area (Å²) in [5.41, 5.74) is 2.05. The molecule has 1 heterocycles. The lowest BCUT2D eigenvalue weighted by Gasteiger charge is -2.39. The van der Waals surface area contributed by atoms with E-state index in [-0.39, 0.29) is 0 Å². The SMILES string of the molecule is COc1ccc(C#N)c(N2CCCC(C)(C)C2)c1. The number of rotatable bonds is 2. The van der Waals surface area contributed by atoms with Crippen LogP contribution in [0.2, 0.25) is 0 Å². The van der Waals surface area contributed by atoms with E-state index in [4.69, 9.17) is 4.74 Å². The zero-order valence-corrected chi connectivity index (χ0v) is 11.4. The van der Waals surface area contributed by atoms with Gasteiger partial charge in [0.1, 0.15) is 11.8 Å². The molecule has 3 nitrogen and oxygen atoms in total. The Morgan fingerprint density at radius 1 is 1.39 bits per heavy atom. The van der Waals surface area contributed by atoms with Gasteiger partial charge in [-0.2, -0.15) is 5.26 Å². The fourth-order valence-electron chi connectivity index (χ4n) is 2.62. The van der Waals surface area contributed by atoms with Gasteiger partial charge < -0.3 is 9.64 Å². The van der Waals surface area contributed by atoms with Crippen LogP contribution in [0, 0.1) is 16.7 Å². The molecule has 0 spiro atoms. The van der Waals surface area contributed by atoms with Crippen LogP contribution in [0.25, 0.3) is 0 Å². The number of piperidine rings is 1. The highest BCUT2D eigenvalue weighted by Crippen LogP contribution is 2.34. The summed E-state index contributed by atoms with van der Waals surface area (Å²) in [6.45, 7) is 6.58. The first-order chi connectivity index (χ1) is 8.55. The Hall–Kier alpha value is -1.69. The molecule has 1 fully saturated rings. The van der Waals surface area contributed by atoms with Gasteiger partial charge >= 0.3 is 0 Å². The molecule has 0 saturated carbocycles. The molecule has 0 atom stereocenters. The highest BCUT2D eigenvalue weighted by Gasteiger charge is 2.27. The van der Waals surface area contributed by atoms with Crippen LogP contribution in [0.4, 0.5) is 5.69 Å². The molecular formula is C15H20N2O. The van der Waals surface area contributed by atoms with Gasteiger partial charge in [0, 0.05) is 19.2 Å². The third-order valence-electron chi connectivity index (χ3n) is 3.57. The minimum Gasteiger partial charge on any atom is -0.497 e. The van der Waals surface area contributed by atoms with E-state index < -0.39 is 0 Å². The van der Waals surface area contributed by atoms with Crippen molar-refractivity contribution in [3.63, 3.8) is 0 Å². The van der Waals surface area contributed by atoms with E-state index in [2.05, 4.69) is 24.8 Å². The number of anilines is 1. The Labute approximate surface area is 109 Å². The molecule has 1 aliphatic rings. The molecule has 1 aromatic rings. The first-order valence-corrected chi connectivity index (χ1v) is 6.39. The normalized spacial score (nSPS) is 18.2. The molecular weight excluding hydrogens is 224 g/mol. The number of hydrogen-bond donors (Lipinski definition) is 0. The number of methoxy groups -OCH3 is 1. The third kappa shape index (κ3) is 2.59. The van der Waals surface area contributed by atoms with Gasteiger partial charge in [-0.1, -0.05) is 13.8 Å². The molecule has 0 radical (unpaired) electrons. The second-order valence-electron chi connectivity index (χ2n) is 5.68. The summed E-state index contributed by atoms with van der Waals surface area (Å²) in [5.74, 6) is 0.812. The van der Waals surface area contributed by atoms with Crippen molar-refractivity contribution >= 4 is 5.69 Å². The maximum absolute atomic E-state index is 9.23. The number of ether oxygens (including phenoxy) is 1. The molecule has 96 valence electrons. The van der Waals surface area contributed by atoms with Crippen LogP contribution in [0.1, 0.15) is 32.3 Å². The molecule has 0 aromatic heterocycles. The van der Waals surface area contributed by atoms with Crippen molar-refractivity contribution in [1.82, 2.24) is 0 Å². The molecule has 3 heteroatoms. The molecule has 1 aliphatic heterocycles. The summed E-state index contributed by atoms with van der Waals surface area (Å²) >= 11 is 0. The topological polar surface area (TPSA) is 36.3 Å². The van der Waals surface area contributed by atoms with Crippen LogP contribution in [0.3, 0.4) is 0 Å². The van der Waals surface area contributed by atoms with Crippen LogP contribution in [-0.4, -0.2) is 20.2 Å². The predicted octanol–water partition coefficient (Wildman–Crippen LogP) is 3.19. The van der Waals surface area contributed by atoms with Crippen molar-refractivity contribution in [1.29, 1.82) is 5.26 Å². The monoisotopic (exact) mass is 244 g/mol. The van der Waals surface area contributed by atoms with E-state index in [1.54, 1.807) is 7.11 Å². The summed E-state index contributed by atoms with van der Waals surface area (Å²) in [5, 5.41) is 9.23. The van der Waals surface area contributed by atoms with Crippen molar-refractivity contribution in [2.45, 2.75) is 26.7 Å². The average Bonchev–Trinajstić information content (AvgIpc) is 2.36. The standard InChI is InChI=1S/C15H20N2O/c1-15(2)7-4-8-17(11-15)14-9-13(18-3)6-5-12(14)10-16/h5-6,9H,4,7-8,11H2,1-3H3. The largest absolute Gasteiger partial charge is 0.497 e. The van der Waals surface area contributed by atoms with Crippen molar-refractivity contribution in [2.75, 3.05) is 25.1 Å². The summed E-state index contributed by atoms with van der Waals surface area (Å²) in [7, 11) is 1.66. The second-order valence-corrected chi connectivity index (χ2v) is 5.68. The lowest BCUT2D eigenvalue weighted by atomic mass is 9.84. The van der Waals surface area contributed by atoms with Gasteiger partial charge in [-0.15, -0.1) is 0 Å². The van der Waals surface area contributed by atoms with E-state index in [0.29, 0.717) is 5.41 Å². The minimum absolute atomic E-state index is 0.314. The average molecular weight is 244 g/mol. The van der Waals surface area contributed by atoms with E-state index in [1.165, 1.54) is 12.8 Å². The number of nitrogens with zero attached hydrogens (tertiary/aromatic N) is 2. The highest BCUT2D eigenvalue weighted by molar-refractivity contribution is 5.62. The second kappa shape index (κ2) is 4.89. The van der Waals surface area contributed by atoms with E-state index in [0.717, 1.165) is 30.1 Å². The molecule has 0 amide bonds. The number of hydrogen-bond acceptors (Lipinski definition) is 3. The number of nitriles is 1. The van der Waals surface area contributed by atoms with Gasteiger partial charge in [-0.3, -0.25) is 0 Å². The van der Waals surface area contributed by atoms with Gasteiger partial charge in [0.25, 0.3) is 0 Å². The zero-order chi connectivity index (χ0) is 13.2. The van der Waals surface area contributed by atoms with Crippen molar-refractivity contribution in [3.05, 3.63) is 23.8 Å². The predicted molar refractivity (Wildman–Crippen MR) is 72.9 cm³/mol. The van der Waals surface area contributed by atoms with Crippen molar-refractivity contribution < 1.29 is 4.74 Å². The van der Waals surface area contributed by atoms with Gasteiger partial charge in [0.15, 0.2) is 0 Å².